The minimum atomic E-state index is -0.545. The summed E-state index contributed by atoms with van der Waals surface area (Å²) >= 11 is 0. The van der Waals surface area contributed by atoms with Crippen LogP contribution in [0.1, 0.15) is 23.7 Å². The third-order valence-corrected chi connectivity index (χ3v) is 4.20. The zero-order valence-corrected chi connectivity index (χ0v) is 15.6. The molecule has 1 amide bonds. The lowest BCUT2D eigenvalue weighted by atomic mass is 10.1. The van der Waals surface area contributed by atoms with Crippen molar-refractivity contribution >= 4 is 23.3 Å². The van der Waals surface area contributed by atoms with Crippen LogP contribution >= 0.6 is 0 Å². The van der Waals surface area contributed by atoms with Gasteiger partial charge >= 0.3 is 5.97 Å². The average Bonchev–Trinajstić information content (AvgIpc) is 2.72. The Morgan fingerprint density at radius 1 is 1.11 bits per heavy atom. The lowest BCUT2D eigenvalue weighted by Gasteiger charge is -2.28. The molecule has 0 saturated heterocycles. The molecule has 0 N–H and O–H groups in total. The van der Waals surface area contributed by atoms with Crippen LogP contribution in [0.5, 0.6) is 11.5 Å². The molecule has 0 bridgehead atoms. The average molecular weight is 383 g/mol. The molecule has 0 fully saturated rings. The SMILES string of the molecule is CCOc1ccc(C(=O)COC(=O)CCN2C(=O)COc3ccccc32)cc1. The fourth-order valence-corrected chi connectivity index (χ4v) is 2.81. The van der Waals surface area contributed by atoms with Gasteiger partial charge in [0.05, 0.1) is 18.7 Å². The Morgan fingerprint density at radius 3 is 2.61 bits per heavy atom. The van der Waals surface area contributed by atoms with E-state index >= 15 is 0 Å². The number of benzene rings is 2. The Kier molecular flexibility index (Phi) is 6.26. The normalized spacial score (nSPS) is 12.8. The number of nitrogens with zero attached hydrogens (tertiary/aromatic N) is 1. The van der Waals surface area contributed by atoms with E-state index < -0.39 is 5.97 Å². The third-order valence-electron chi connectivity index (χ3n) is 4.20. The van der Waals surface area contributed by atoms with Gasteiger partial charge in [0.2, 0.25) is 0 Å². The van der Waals surface area contributed by atoms with Gasteiger partial charge < -0.3 is 19.1 Å². The van der Waals surface area contributed by atoms with E-state index in [0.29, 0.717) is 29.4 Å². The molecule has 7 heteroatoms. The fourth-order valence-electron chi connectivity index (χ4n) is 2.81. The van der Waals surface area contributed by atoms with E-state index in [9.17, 15) is 14.4 Å². The number of ketones is 1. The van der Waals surface area contributed by atoms with Crippen molar-refractivity contribution < 1.29 is 28.6 Å². The summed E-state index contributed by atoms with van der Waals surface area (Å²) in [5.41, 5.74) is 1.06. The molecule has 0 atom stereocenters. The maximum atomic E-state index is 12.1. The number of hydrogen-bond acceptors (Lipinski definition) is 6. The number of fused-ring (bicyclic) bond motifs is 1. The predicted octanol–water partition coefficient (Wildman–Crippen LogP) is 2.63. The number of amides is 1. The standard InChI is InChI=1S/C21H21NO6/c1-2-26-16-9-7-15(8-10-16)18(23)13-28-21(25)11-12-22-17-5-3-4-6-19(17)27-14-20(22)24/h3-10H,2,11-14H2,1H3. The molecule has 7 nitrogen and oxygen atoms in total. The van der Waals surface area contributed by atoms with Gasteiger partial charge in [-0.05, 0) is 43.3 Å². The van der Waals surface area contributed by atoms with Crippen molar-refractivity contribution in [3.63, 3.8) is 0 Å². The second-order valence-electron chi connectivity index (χ2n) is 6.09. The van der Waals surface area contributed by atoms with Gasteiger partial charge in [0.1, 0.15) is 11.5 Å². The number of anilines is 1. The number of ether oxygens (including phenoxy) is 3. The van der Waals surface area contributed by atoms with Gasteiger partial charge in [-0.25, -0.2) is 0 Å². The zero-order chi connectivity index (χ0) is 19.9. The Bertz CT molecular complexity index is 861. The van der Waals surface area contributed by atoms with Crippen molar-refractivity contribution in [2.24, 2.45) is 0 Å². The lowest BCUT2D eigenvalue weighted by molar-refractivity contribution is -0.142. The fraction of sp³-hybridized carbons (Fsp3) is 0.286. The van der Waals surface area contributed by atoms with Crippen molar-refractivity contribution in [3.05, 3.63) is 54.1 Å². The molecular formula is C21H21NO6. The highest BCUT2D eigenvalue weighted by molar-refractivity contribution is 5.99. The first-order chi connectivity index (χ1) is 13.6. The van der Waals surface area contributed by atoms with Crippen molar-refractivity contribution in [3.8, 4) is 11.5 Å². The quantitative estimate of drug-likeness (QED) is 0.515. The summed E-state index contributed by atoms with van der Waals surface area (Å²) in [6, 6.07) is 13.8. The van der Waals surface area contributed by atoms with Crippen LogP contribution in [0.2, 0.25) is 0 Å². The summed E-state index contributed by atoms with van der Waals surface area (Å²) in [6.45, 7) is 2.17. The highest BCUT2D eigenvalue weighted by atomic mass is 16.5. The molecule has 0 spiro atoms. The largest absolute Gasteiger partial charge is 0.494 e. The van der Waals surface area contributed by atoms with Crippen LogP contribution in [0.4, 0.5) is 5.69 Å². The van der Waals surface area contributed by atoms with Crippen molar-refractivity contribution in [1.82, 2.24) is 0 Å². The van der Waals surface area contributed by atoms with E-state index in [-0.39, 0.29) is 37.9 Å². The molecular weight excluding hydrogens is 362 g/mol. The molecule has 0 aromatic heterocycles. The number of rotatable bonds is 8. The van der Waals surface area contributed by atoms with E-state index in [4.69, 9.17) is 14.2 Å². The van der Waals surface area contributed by atoms with E-state index in [2.05, 4.69) is 0 Å². The molecule has 3 rings (SSSR count). The Hall–Kier alpha value is -3.35. The second-order valence-corrected chi connectivity index (χ2v) is 6.09. The number of para-hydroxylation sites is 2. The minimum Gasteiger partial charge on any atom is -0.494 e. The number of carbonyl (C=O) groups is 3. The maximum absolute atomic E-state index is 12.1. The predicted molar refractivity (Wildman–Crippen MR) is 102 cm³/mol. The third kappa shape index (κ3) is 4.68. The molecule has 1 aliphatic heterocycles. The minimum absolute atomic E-state index is 0.0172. The van der Waals surface area contributed by atoms with Gasteiger partial charge in [-0.1, -0.05) is 12.1 Å². The van der Waals surface area contributed by atoms with Crippen LogP contribution in [0.25, 0.3) is 0 Å². The van der Waals surface area contributed by atoms with Crippen molar-refractivity contribution in [1.29, 1.82) is 0 Å². The first-order valence-electron chi connectivity index (χ1n) is 9.02. The molecule has 28 heavy (non-hydrogen) atoms. The van der Waals surface area contributed by atoms with Gasteiger partial charge in [-0.15, -0.1) is 0 Å². The Balaban J connectivity index is 1.49. The van der Waals surface area contributed by atoms with E-state index in [0.717, 1.165) is 0 Å². The van der Waals surface area contributed by atoms with Gasteiger partial charge in [0.25, 0.3) is 5.91 Å². The lowest BCUT2D eigenvalue weighted by Crippen LogP contribution is -2.40. The van der Waals surface area contributed by atoms with Crippen molar-refractivity contribution in [2.45, 2.75) is 13.3 Å². The van der Waals surface area contributed by atoms with Crippen LogP contribution in [-0.2, 0) is 14.3 Å². The highest BCUT2D eigenvalue weighted by Crippen LogP contribution is 2.31. The second kappa shape index (κ2) is 9.03. The first-order valence-corrected chi connectivity index (χ1v) is 9.02. The smallest absolute Gasteiger partial charge is 0.308 e. The number of Topliss-reactive ketones (excluding diaryl/α,β-unsaturated/α-hetero) is 1. The molecule has 0 unspecified atom stereocenters. The summed E-state index contributed by atoms with van der Waals surface area (Å²) in [7, 11) is 0. The van der Waals surface area contributed by atoms with Crippen LogP contribution in [0.3, 0.4) is 0 Å². The zero-order valence-electron chi connectivity index (χ0n) is 15.6. The summed E-state index contributed by atoms with van der Waals surface area (Å²) in [4.78, 5) is 37.7. The molecule has 2 aromatic rings. The van der Waals surface area contributed by atoms with Crippen LogP contribution in [0.15, 0.2) is 48.5 Å². The molecule has 0 aliphatic carbocycles. The Labute approximate surface area is 162 Å². The van der Waals surface area contributed by atoms with Crippen LogP contribution in [-0.4, -0.2) is 44.0 Å². The van der Waals surface area contributed by atoms with Gasteiger partial charge in [-0.2, -0.15) is 0 Å². The monoisotopic (exact) mass is 383 g/mol. The molecule has 0 radical (unpaired) electrons. The van der Waals surface area contributed by atoms with E-state index in [1.807, 2.05) is 13.0 Å². The summed E-state index contributed by atoms with van der Waals surface area (Å²) in [6.07, 6.45) is -0.0172. The molecule has 0 saturated carbocycles. The number of esters is 1. The maximum Gasteiger partial charge on any atom is 0.308 e. The van der Waals surface area contributed by atoms with E-state index in [1.165, 1.54) is 4.90 Å². The number of carbonyl (C=O) groups excluding carboxylic acids is 3. The van der Waals surface area contributed by atoms with E-state index in [1.54, 1.807) is 42.5 Å². The Morgan fingerprint density at radius 2 is 1.86 bits per heavy atom. The van der Waals surface area contributed by atoms with Gasteiger partial charge in [0, 0.05) is 12.1 Å². The summed E-state index contributed by atoms with van der Waals surface area (Å²) in [5, 5.41) is 0. The van der Waals surface area contributed by atoms with Gasteiger partial charge in [0.15, 0.2) is 19.0 Å². The highest BCUT2D eigenvalue weighted by Gasteiger charge is 2.25. The molecule has 146 valence electrons. The summed E-state index contributed by atoms with van der Waals surface area (Å²) < 4.78 is 15.7. The van der Waals surface area contributed by atoms with Crippen LogP contribution in [0, 0.1) is 0 Å². The topological polar surface area (TPSA) is 82.1 Å². The summed E-state index contributed by atoms with van der Waals surface area (Å²) in [5.74, 6) is 0.199. The van der Waals surface area contributed by atoms with Crippen molar-refractivity contribution in [2.75, 3.05) is 31.3 Å². The van der Waals surface area contributed by atoms with Gasteiger partial charge in [-0.3, -0.25) is 14.4 Å². The van der Waals surface area contributed by atoms with Crippen LogP contribution < -0.4 is 14.4 Å². The number of hydrogen-bond donors (Lipinski definition) is 0. The first kappa shape index (κ1) is 19.4. The molecule has 2 aromatic carbocycles. The molecule has 1 aliphatic rings. The molecule has 1 heterocycles.